The maximum atomic E-state index is 12.6. The zero-order valence-corrected chi connectivity index (χ0v) is 16.9. The van der Waals surface area contributed by atoms with Gasteiger partial charge in [-0.1, -0.05) is 48.7 Å². The number of aliphatic hydroxyl groups is 1. The Kier molecular flexibility index (Phi) is 7.10. The third-order valence-corrected chi connectivity index (χ3v) is 5.80. The van der Waals surface area contributed by atoms with E-state index >= 15 is 0 Å². The van der Waals surface area contributed by atoms with Gasteiger partial charge in [0.05, 0.1) is 10.6 Å². The highest BCUT2D eigenvalue weighted by Crippen LogP contribution is 2.26. The first-order valence-corrected chi connectivity index (χ1v) is 10.8. The lowest BCUT2D eigenvalue weighted by atomic mass is 9.88. The zero-order valence-electron chi connectivity index (χ0n) is 15.3. The Morgan fingerprint density at radius 3 is 2.85 bits per heavy atom. The summed E-state index contributed by atoms with van der Waals surface area (Å²) in [6.45, 7) is 0. The second kappa shape index (κ2) is 9.53. The van der Waals surface area contributed by atoms with Crippen LogP contribution in [0.15, 0.2) is 35.6 Å². The number of thioether (sulfide) groups is 1. The average molecular weight is 406 g/mol. The lowest BCUT2D eigenvalue weighted by Gasteiger charge is -2.27. The molecule has 1 aliphatic carbocycles. The Bertz CT molecular complexity index is 797. The van der Waals surface area contributed by atoms with Gasteiger partial charge >= 0.3 is 0 Å². The molecule has 7 heteroatoms. The second-order valence-electron chi connectivity index (χ2n) is 6.84. The summed E-state index contributed by atoms with van der Waals surface area (Å²) >= 11 is 7.73. The Morgan fingerprint density at radius 1 is 1.33 bits per heavy atom. The largest absolute Gasteiger partial charge is 0.373 e. The molecule has 1 atom stereocenters. The normalized spacial score (nSPS) is 16.1. The topological polar surface area (TPSA) is 75.1 Å². The van der Waals surface area contributed by atoms with E-state index in [0.717, 1.165) is 42.1 Å². The average Bonchev–Trinajstić information content (AvgIpc) is 2.70. The summed E-state index contributed by atoms with van der Waals surface area (Å²) in [5.74, 6) is -0.219. The Balaban J connectivity index is 1.71. The molecule has 5 nitrogen and oxygen atoms in total. The van der Waals surface area contributed by atoms with Gasteiger partial charge in [-0.25, -0.2) is 9.97 Å². The molecule has 0 aliphatic heterocycles. The summed E-state index contributed by atoms with van der Waals surface area (Å²) in [5, 5.41) is 14.2. The lowest BCUT2D eigenvalue weighted by molar-refractivity contribution is 0.0463. The van der Waals surface area contributed by atoms with Crippen LogP contribution < -0.4 is 5.32 Å². The van der Waals surface area contributed by atoms with E-state index in [2.05, 4.69) is 15.3 Å². The quantitative estimate of drug-likeness (QED) is 0.430. The maximum Gasteiger partial charge on any atom is 0.254 e. The fourth-order valence-electron chi connectivity index (χ4n) is 3.42. The highest BCUT2D eigenvalue weighted by molar-refractivity contribution is 7.98. The SMILES string of the molecule is CSc1nccc(Cc2ccc(Cl)c(C(=O)NC(O)C3CCCCC3)c2)n1. The minimum absolute atomic E-state index is 0.121. The molecule has 1 unspecified atom stereocenters. The number of carbonyl (C=O) groups is 1. The Morgan fingerprint density at radius 2 is 2.11 bits per heavy atom. The zero-order chi connectivity index (χ0) is 19.2. The summed E-state index contributed by atoms with van der Waals surface area (Å²) in [7, 11) is 0. The first kappa shape index (κ1) is 20.1. The van der Waals surface area contributed by atoms with Crippen LogP contribution in [0.1, 0.15) is 53.7 Å². The van der Waals surface area contributed by atoms with E-state index in [9.17, 15) is 9.90 Å². The Hall–Kier alpha value is -1.63. The van der Waals surface area contributed by atoms with Crippen LogP contribution in [-0.2, 0) is 6.42 Å². The van der Waals surface area contributed by atoms with E-state index < -0.39 is 6.23 Å². The summed E-state index contributed by atoms with van der Waals surface area (Å²) < 4.78 is 0. The number of carbonyl (C=O) groups excluding carboxylic acids is 1. The van der Waals surface area contributed by atoms with Gasteiger partial charge in [-0.15, -0.1) is 0 Å². The van der Waals surface area contributed by atoms with Gasteiger partial charge in [0, 0.05) is 24.2 Å². The number of hydrogen-bond acceptors (Lipinski definition) is 5. The molecule has 0 bridgehead atoms. The fourth-order valence-corrected chi connectivity index (χ4v) is 4.00. The van der Waals surface area contributed by atoms with E-state index in [4.69, 9.17) is 11.6 Å². The smallest absolute Gasteiger partial charge is 0.254 e. The van der Waals surface area contributed by atoms with Gasteiger partial charge in [0.2, 0.25) is 0 Å². The molecule has 0 saturated heterocycles. The highest BCUT2D eigenvalue weighted by Gasteiger charge is 2.24. The van der Waals surface area contributed by atoms with Gasteiger partial charge in [-0.2, -0.15) is 0 Å². The van der Waals surface area contributed by atoms with Crippen molar-refractivity contribution < 1.29 is 9.90 Å². The number of aliphatic hydroxyl groups excluding tert-OH is 1. The highest BCUT2D eigenvalue weighted by atomic mass is 35.5. The third-order valence-electron chi connectivity index (χ3n) is 4.91. The Labute approximate surface area is 169 Å². The molecule has 2 aromatic rings. The molecule has 1 aromatic carbocycles. The molecule has 1 saturated carbocycles. The molecular formula is C20H24ClN3O2S. The molecule has 0 radical (unpaired) electrons. The minimum Gasteiger partial charge on any atom is -0.373 e. The van der Waals surface area contributed by atoms with Crippen molar-refractivity contribution in [1.82, 2.24) is 15.3 Å². The number of benzene rings is 1. The van der Waals surface area contributed by atoms with Crippen molar-refractivity contribution in [2.45, 2.75) is 49.9 Å². The standard InChI is InChI=1S/C20H24ClN3O2S/c1-27-20-22-10-9-15(23-20)11-13-7-8-17(21)16(12-13)19(26)24-18(25)14-5-3-2-4-6-14/h7-10,12,14,18,25H,2-6,11H2,1H3,(H,24,26). The van der Waals surface area contributed by atoms with E-state index in [1.165, 1.54) is 18.2 Å². The number of nitrogens with zero attached hydrogens (tertiary/aromatic N) is 2. The lowest BCUT2D eigenvalue weighted by Crippen LogP contribution is -2.41. The molecule has 144 valence electrons. The van der Waals surface area contributed by atoms with Gasteiger partial charge in [0.15, 0.2) is 5.16 Å². The summed E-state index contributed by atoms with van der Waals surface area (Å²) in [6, 6.07) is 7.24. The van der Waals surface area contributed by atoms with Crippen LogP contribution in [0.2, 0.25) is 5.02 Å². The van der Waals surface area contributed by atoms with Gasteiger partial charge in [-0.05, 0) is 42.9 Å². The molecule has 1 heterocycles. The van der Waals surface area contributed by atoms with Gasteiger partial charge in [0.1, 0.15) is 6.23 Å². The van der Waals surface area contributed by atoms with E-state index in [0.29, 0.717) is 17.0 Å². The number of nitrogens with one attached hydrogen (secondary N) is 1. The van der Waals surface area contributed by atoms with E-state index in [-0.39, 0.29) is 11.8 Å². The van der Waals surface area contributed by atoms with Crippen LogP contribution in [0.4, 0.5) is 0 Å². The molecule has 1 aromatic heterocycles. The summed E-state index contributed by atoms with van der Waals surface area (Å²) in [4.78, 5) is 21.3. The van der Waals surface area contributed by atoms with Crippen molar-refractivity contribution in [3.63, 3.8) is 0 Å². The molecule has 27 heavy (non-hydrogen) atoms. The monoisotopic (exact) mass is 405 g/mol. The van der Waals surface area contributed by atoms with Crippen molar-refractivity contribution >= 4 is 29.3 Å². The van der Waals surface area contributed by atoms with Crippen molar-refractivity contribution in [2.75, 3.05) is 6.26 Å². The van der Waals surface area contributed by atoms with Gasteiger partial charge < -0.3 is 10.4 Å². The van der Waals surface area contributed by atoms with Crippen molar-refractivity contribution in [3.05, 3.63) is 52.3 Å². The van der Waals surface area contributed by atoms with Crippen LogP contribution >= 0.6 is 23.4 Å². The summed E-state index contributed by atoms with van der Waals surface area (Å²) in [5.41, 5.74) is 2.19. The molecule has 0 spiro atoms. The van der Waals surface area contributed by atoms with E-state index in [1.54, 1.807) is 18.3 Å². The van der Waals surface area contributed by atoms with Crippen LogP contribution in [0.25, 0.3) is 0 Å². The fraction of sp³-hybridized carbons (Fsp3) is 0.450. The number of amides is 1. The number of aromatic nitrogens is 2. The molecule has 1 aliphatic rings. The second-order valence-corrected chi connectivity index (χ2v) is 8.02. The minimum atomic E-state index is -0.830. The van der Waals surface area contributed by atoms with Crippen LogP contribution in [0, 0.1) is 5.92 Å². The van der Waals surface area contributed by atoms with E-state index in [1.807, 2.05) is 18.4 Å². The predicted octanol–water partition coefficient (Wildman–Crippen LogP) is 4.07. The number of rotatable bonds is 6. The predicted molar refractivity (Wildman–Crippen MR) is 108 cm³/mol. The molecular weight excluding hydrogens is 382 g/mol. The van der Waals surface area contributed by atoms with Gasteiger partial charge in [0.25, 0.3) is 5.91 Å². The van der Waals surface area contributed by atoms with Gasteiger partial charge in [-0.3, -0.25) is 4.79 Å². The molecule has 1 fully saturated rings. The van der Waals surface area contributed by atoms with Crippen LogP contribution in [0.5, 0.6) is 0 Å². The summed E-state index contributed by atoms with van der Waals surface area (Å²) in [6.07, 6.45) is 8.71. The number of halogens is 1. The third kappa shape index (κ3) is 5.43. The van der Waals surface area contributed by atoms with Crippen molar-refractivity contribution in [1.29, 1.82) is 0 Å². The molecule has 3 rings (SSSR count). The van der Waals surface area contributed by atoms with Crippen LogP contribution in [0.3, 0.4) is 0 Å². The maximum absolute atomic E-state index is 12.6. The van der Waals surface area contributed by atoms with Crippen LogP contribution in [-0.4, -0.2) is 33.5 Å². The molecule has 1 amide bonds. The first-order chi connectivity index (χ1) is 13.1. The van der Waals surface area contributed by atoms with Crippen molar-refractivity contribution in [3.8, 4) is 0 Å². The number of hydrogen-bond donors (Lipinski definition) is 2. The van der Waals surface area contributed by atoms with Crippen molar-refractivity contribution in [2.24, 2.45) is 5.92 Å². The molecule has 2 N–H and O–H groups in total. The first-order valence-electron chi connectivity index (χ1n) is 9.20.